The summed E-state index contributed by atoms with van der Waals surface area (Å²) in [7, 11) is 0. The zero-order chi connectivity index (χ0) is 21.5. The second kappa shape index (κ2) is 10.2. The van der Waals surface area contributed by atoms with Crippen LogP contribution in [0.3, 0.4) is 0 Å². The number of aromatic carboxylic acids is 1. The number of ether oxygens (including phenoxy) is 2. The lowest BCUT2D eigenvalue weighted by molar-refractivity contribution is 0.0697. The van der Waals surface area contributed by atoms with Crippen molar-refractivity contribution >= 4 is 34.9 Å². The van der Waals surface area contributed by atoms with Crippen LogP contribution >= 0.6 is 23.2 Å². The van der Waals surface area contributed by atoms with E-state index < -0.39 is 5.97 Å². The highest BCUT2D eigenvalue weighted by Gasteiger charge is 2.10. The molecular weight excluding hydrogens is 425 g/mol. The zero-order valence-corrected chi connectivity index (χ0v) is 17.8. The Kier molecular flexibility index (Phi) is 7.44. The highest BCUT2D eigenvalue weighted by Crippen LogP contribution is 2.30. The molecule has 3 aromatic rings. The lowest BCUT2D eigenvalue weighted by atomic mass is 10.1. The van der Waals surface area contributed by atoms with E-state index in [0.29, 0.717) is 36.3 Å². The molecule has 7 heteroatoms. The molecule has 0 unspecified atom stereocenters. The van der Waals surface area contributed by atoms with E-state index in [9.17, 15) is 4.79 Å². The largest absolute Gasteiger partial charge is 0.490 e. The third-order valence-electron chi connectivity index (χ3n) is 4.29. The standard InChI is InChI=1S/C23H21Cl2NO4/c1-2-29-22-11-15(13-26-18-7-8-19(23(27)28)20(25)12-18)6-9-21(22)30-14-16-4-3-5-17(24)10-16/h3-12,26H,2,13-14H2,1H3,(H,27,28). The zero-order valence-electron chi connectivity index (χ0n) is 16.3. The van der Waals surface area contributed by atoms with Crippen LogP contribution in [0.5, 0.6) is 11.5 Å². The number of rotatable bonds is 9. The molecule has 5 nitrogen and oxygen atoms in total. The van der Waals surface area contributed by atoms with E-state index in [-0.39, 0.29) is 10.6 Å². The maximum Gasteiger partial charge on any atom is 0.337 e. The molecule has 0 bridgehead atoms. The summed E-state index contributed by atoms with van der Waals surface area (Å²) in [4.78, 5) is 11.1. The Morgan fingerprint density at radius 1 is 0.967 bits per heavy atom. The molecule has 0 aliphatic carbocycles. The summed E-state index contributed by atoms with van der Waals surface area (Å²) in [5.41, 5.74) is 2.75. The van der Waals surface area contributed by atoms with Gasteiger partial charge in [-0.3, -0.25) is 0 Å². The van der Waals surface area contributed by atoms with Crippen LogP contribution < -0.4 is 14.8 Å². The van der Waals surface area contributed by atoms with E-state index in [0.717, 1.165) is 16.8 Å². The van der Waals surface area contributed by atoms with Crippen LogP contribution in [0.25, 0.3) is 0 Å². The van der Waals surface area contributed by atoms with Crippen LogP contribution in [0.2, 0.25) is 10.0 Å². The number of benzene rings is 3. The minimum Gasteiger partial charge on any atom is -0.490 e. The Morgan fingerprint density at radius 2 is 1.80 bits per heavy atom. The van der Waals surface area contributed by atoms with E-state index in [1.54, 1.807) is 12.1 Å². The maximum absolute atomic E-state index is 11.1. The maximum atomic E-state index is 11.1. The van der Waals surface area contributed by atoms with Gasteiger partial charge in [0.05, 0.1) is 17.2 Å². The number of hydrogen-bond acceptors (Lipinski definition) is 4. The van der Waals surface area contributed by atoms with Crippen molar-refractivity contribution in [3.63, 3.8) is 0 Å². The average Bonchev–Trinajstić information content (AvgIpc) is 2.71. The van der Waals surface area contributed by atoms with Crippen molar-refractivity contribution in [2.24, 2.45) is 0 Å². The van der Waals surface area contributed by atoms with Crippen molar-refractivity contribution in [3.8, 4) is 11.5 Å². The number of carboxylic acid groups (broad SMARTS) is 1. The van der Waals surface area contributed by atoms with Crippen molar-refractivity contribution in [3.05, 3.63) is 87.4 Å². The number of carboxylic acids is 1. The van der Waals surface area contributed by atoms with Gasteiger partial charge in [0.1, 0.15) is 6.61 Å². The van der Waals surface area contributed by atoms with Crippen molar-refractivity contribution in [2.75, 3.05) is 11.9 Å². The highest BCUT2D eigenvalue weighted by atomic mass is 35.5. The van der Waals surface area contributed by atoms with E-state index in [1.807, 2.05) is 49.4 Å². The third-order valence-corrected chi connectivity index (χ3v) is 4.84. The molecule has 3 rings (SSSR count). The van der Waals surface area contributed by atoms with E-state index in [2.05, 4.69) is 5.32 Å². The molecule has 3 aromatic carbocycles. The van der Waals surface area contributed by atoms with Gasteiger partial charge < -0.3 is 19.9 Å². The first-order valence-corrected chi connectivity index (χ1v) is 10.1. The molecule has 0 saturated heterocycles. The van der Waals surface area contributed by atoms with Gasteiger partial charge in [0.2, 0.25) is 0 Å². The second-order valence-corrected chi connectivity index (χ2v) is 7.33. The van der Waals surface area contributed by atoms with E-state index in [1.165, 1.54) is 6.07 Å². The molecule has 0 aliphatic heterocycles. The minimum atomic E-state index is -1.05. The number of anilines is 1. The summed E-state index contributed by atoms with van der Waals surface area (Å²) in [5, 5.41) is 13.1. The molecule has 156 valence electrons. The molecule has 2 N–H and O–H groups in total. The molecule has 0 radical (unpaired) electrons. The Labute approximate surface area is 185 Å². The van der Waals surface area contributed by atoms with Crippen LogP contribution in [0.4, 0.5) is 5.69 Å². The molecule has 0 atom stereocenters. The highest BCUT2D eigenvalue weighted by molar-refractivity contribution is 6.33. The van der Waals surface area contributed by atoms with Crippen LogP contribution in [-0.4, -0.2) is 17.7 Å². The smallest absolute Gasteiger partial charge is 0.337 e. The third kappa shape index (κ3) is 5.81. The van der Waals surface area contributed by atoms with Crippen molar-refractivity contribution in [1.29, 1.82) is 0 Å². The van der Waals surface area contributed by atoms with E-state index >= 15 is 0 Å². The fourth-order valence-electron chi connectivity index (χ4n) is 2.84. The Hall–Kier alpha value is -2.89. The summed E-state index contributed by atoms with van der Waals surface area (Å²) in [6, 6.07) is 18.0. The van der Waals surface area contributed by atoms with Crippen LogP contribution in [-0.2, 0) is 13.2 Å². The molecule has 30 heavy (non-hydrogen) atoms. The average molecular weight is 446 g/mol. The van der Waals surface area contributed by atoms with Crippen molar-refractivity contribution in [1.82, 2.24) is 0 Å². The predicted molar refractivity (Wildman–Crippen MR) is 119 cm³/mol. The quantitative estimate of drug-likeness (QED) is 0.405. The summed E-state index contributed by atoms with van der Waals surface area (Å²) < 4.78 is 11.7. The Bertz CT molecular complexity index is 1040. The summed E-state index contributed by atoms with van der Waals surface area (Å²) in [5.74, 6) is 0.244. The molecule has 0 spiro atoms. The molecule has 0 aliphatic rings. The van der Waals surface area contributed by atoms with Crippen LogP contribution in [0.1, 0.15) is 28.4 Å². The SMILES string of the molecule is CCOc1cc(CNc2ccc(C(=O)O)c(Cl)c2)ccc1OCc1cccc(Cl)c1. The Morgan fingerprint density at radius 3 is 2.50 bits per heavy atom. The van der Waals surface area contributed by atoms with Gasteiger partial charge in [-0.25, -0.2) is 4.79 Å². The normalized spacial score (nSPS) is 10.5. The first kappa shape index (κ1) is 21.8. The van der Waals surface area contributed by atoms with Gasteiger partial charge >= 0.3 is 5.97 Å². The predicted octanol–water partition coefficient (Wildman–Crippen LogP) is 6.28. The molecular formula is C23H21Cl2NO4. The van der Waals surface area contributed by atoms with Gasteiger partial charge in [0, 0.05) is 17.3 Å². The van der Waals surface area contributed by atoms with Gasteiger partial charge in [0.25, 0.3) is 0 Å². The number of hydrogen-bond donors (Lipinski definition) is 2. The fraction of sp³-hybridized carbons (Fsp3) is 0.174. The van der Waals surface area contributed by atoms with Crippen molar-refractivity contribution in [2.45, 2.75) is 20.1 Å². The monoisotopic (exact) mass is 445 g/mol. The second-order valence-electron chi connectivity index (χ2n) is 6.49. The van der Waals surface area contributed by atoms with Crippen LogP contribution in [0, 0.1) is 0 Å². The Balaban J connectivity index is 1.68. The van der Waals surface area contributed by atoms with Gasteiger partial charge in [-0.1, -0.05) is 41.4 Å². The molecule has 0 fully saturated rings. The number of halogens is 2. The van der Waals surface area contributed by atoms with Gasteiger partial charge in [-0.15, -0.1) is 0 Å². The van der Waals surface area contributed by atoms with Crippen molar-refractivity contribution < 1.29 is 19.4 Å². The van der Waals surface area contributed by atoms with Gasteiger partial charge in [0.15, 0.2) is 11.5 Å². The number of nitrogens with one attached hydrogen (secondary N) is 1. The molecule has 0 heterocycles. The van der Waals surface area contributed by atoms with Crippen LogP contribution in [0.15, 0.2) is 60.7 Å². The molecule has 0 saturated carbocycles. The topological polar surface area (TPSA) is 67.8 Å². The molecule has 0 aromatic heterocycles. The summed E-state index contributed by atoms with van der Waals surface area (Å²) >= 11 is 12.0. The lowest BCUT2D eigenvalue weighted by Gasteiger charge is -2.14. The summed E-state index contributed by atoms with van der Waals surface area (Å²) in [6.45, 7) is 3.32. The first-order chi connectivity index (χ1) is 14.5. The minimum absolute atomic E-state index is 0.0713. The first-order valence-electron chi connectivity index (χ1n) is 9.36. The van der Waals surface area contributed by atoms with E-state index in [4.69, 9.17) is 37.8 Å². The van der Waals surface area contributed by atoms with Gasteiger partial charge in [-0.05, 0) is 60.5 Å². The van der Waals surface area contributed by atoms with Gasteiger partial charge in [-0.2, -0.15) is 0 Å². The summed E-state index contributed by atoms with van der Waals surface area (Å²) in [6.07, 6.45) is 0. The fourth-order valence-corrected chi connectivity index (χ4v) is 3.31. The lowest BCUT2D eigenvalue weighted by Crippen LogP contribution is -2.04. The number of carbonyl (C=O) groups is 1. The molecule has 0 amide bonds.